The van der Waals surface area contributed by atoms with Crippen molar-refractivity contribution < 1.29 is 9.53 Å². The minimum Gasteiger partial charge on any atom is -0.421 e. The fraction of sp³-hybridized carbons (Fsp3) is 0. The van der Waals surface area contributed by atoms with Crippen LogP contribution in [0, 0.1) is 0 Å². The molecule has 0 saturated carbocycles. The lowest BCUT2D eigenvalue weighted by Crippen LogP contribution is -2.04. The molecule has 0 radical (unpaired) electrons. The molecule has 2 aromatic rings. The van der Waals surface area contributed by atoms with Crippen LogP contribution in [0.2, 0.25) is 0 Å². The molecule has 0 aliphatic rings. The first kappa shape index (κ1) is 11.1. The number of hydrogen-bond acceptors (Lipinski definition) is 3. The zero-order chi connectivity index (χ0) is 12.1. The van der Waals surface area contributed by atoms with Gasteiger partial charge in [-0.3, -0.25) is 4.98 Å². The average molecular weight is 225 g/mol. The minimum atomic E-state index is -0.429. The third-order valence-electron chi connectivity index (χ3n) is 2.18. The van der Waals surface area contributed by atoms with E-state index in [1.54, 1.807) is 42.6 Å². The Kier molecular flexibility index (Phi) is 3.31. The highest BCUT2D eigenvalue weighted by atomic mass is 16.5. The molecule has 1 aromatic heterocycles. The summed E-state index contributed by atoms with van der Waals surface area (Å²) in [5.41, 5.74) is 1.04. The Morgan fingerprint density at radius 2 is 1.76 bits per heavy atom. The Balaban J connectivity index is 2.08. The number of carbonyl (C=O) groups excluding carboxylic acids is 1. The molecule has 3 heteroatoms. The smallest absolute Gasteiger partial charge is 0.343 e. The monoisotopic (exact) mass is 225 g/mol. The standard InChI is InChI=1S/C14H11NO2/c1-11(13-9-5-6-10-15-13)17-14(16)12-7-3-2-4-8-12/h2-10H,1H2. The predicted molar refractivity (Wildman–Crippen MR) is 65.1 cm³/mol. The number of pyridine rings is 1. The summed E-state index contributed by atoms with van der Waals surface area (Å²) in [5.74, 6) is -0.180. The normalized spacial score (nSPS) is 9.65. The molecular weight excluding hydrogens is 214 g/mol. The van der Waals surface area contributed by atoms with Crippen LogP contribution in [-0.4, -0.2) is 11.0 Å². The van der Waals surface area contributed by atoms with Crippen LogP contribution in [0.15, 0.2) is 61.3 Å². The Bertz CT molecular complexity index is 471. The molecule has 1 heterocycles. The molecular formula is C14H11NO2. The van der Waals surface area contributed by atoms with E-state index in [4.69, 9.17) is 4.74 Å². The highest BCUT2D eigenvalue weighted by Gasteiger charge is 2.10. The van der Waals surface area contributed by atoms with Crippen molar-refractivity contribution in [3.8, 4) is 0 Å². The van der Waals surface area contributed by atoms with Gasteiger partial charge >= 0.3 is 5.97 Å². The quantitative estimate of drug-likeness (QED) is 0.595. The first-order valence-electron chi connectivity index (χ1n) is 5.15. The van der Waals surface area contributed by atoms with Gasteiger partial charge in [-0.1, -0.05) is 30.8 Å². The second-order valence-corrected chi connectivity index (χ2v) is 3.39. The number of esters is 1. The van der Waals surface area contributed by atoms with Crippen LogP contribution in [0.25, 0.3) is 5.76 Å². The summed E-state index contributed by atoms with van der Waals surface area (Å²) in [6.07, 6.45) is 1.62. The molecule has 3 nitrogen and oxygen atoms in total. The molecule has 0 atom stereocenters. The van der Waals surface area contributed by atoms with Gasteiger partial charge in [0.25, 0.3) is 0 Å². The summed E-state index contributed by atoms with van der Waals surface area (Å²) in [6, 6.07) is 14.1. The lowest BCUT2D eigenvalue weighted by molar-refractivity contribution is 0.0692. The number of aromatic nitrogens is 1. The second-order valence-electron chi connectivity index (χ2n) is 3.39. The molecule has 0 amide bonds. The molecule has 0 fully saturated rings. The SMILES string of the molecule is C=C(OC(=O)c1ccccc1)c1ccccn1. The maximum absolute atomic E-state index is 11.7. The molecule has 0 N–H and O–H groups in total. The number of rotatable bonds is 3. The molecule has 0 aliphatic heterocycles. The molecule has 84 valence electrons. The van der Waals surface area contributed by atoms with Gasteiger partial charge in [0, 0.05) is 6.20 Å². The summed E-state index contributed by atoms with van der Waals surface area (Å²) in [5, 5.41) is 0. The molecule has 0 unspecified atom stereocenters. The van der Waals surface area contributed by atoms with Crippen molar-refractivity contribution in [1.82, 2.24) is 4.98 Å². The Morgan fingerprint density at radius 1 is 1.06 bits per heavy atom. The summed E-state index contributed by atoms with van der Waals surface area (Å²) < 4.78 is 5.13. The van der Waals surface area contributed by atoms with Crippen molar-refractivity contribution in [3.05, 3.63) is 72.6 Å². The predicted octanol–water partition coefficient (Wildman–Crippen LogP) is 2.91. The average Bonchev–Trinajstić information content (AvgIpc) is 2.40. The largest absolute Gasteiger partial charge is 0.421 e. The first-order chi connectivity index (χ1) is 8.27. The fourth-order valence-corrected chi connectivity index (χ4v) is 1.33. The molecule has 17 heavy (non-hydrogen) atoms. The van der Waals surface area contributed by atoms with Crippen molar-refractivity contribution in [2.75, 3.05) is 0 Å². The van der Waals surface area contributed by atoms with E-state index >= 15 is 0 Å². The van der Waals surface area contributed by atoms with Crippen LogP contribution in [0.3, 0.4) is 0 Å². The van der Waals surface area contributed by atoms with Gasteiger partial charge in [-0.2, -0.15) is 0 Å². The van der Waals surface area contributed by atoms with Crippen LogP contribution in [0.1, 0.15) is 16.1 Å². The maximum atomic E-state index is 11.7. The van der Waals surface area contributed by atoms with E-state index in [1.807, 2.05) is 12.1 Å². The van der Waals surface area contributed by atoms with E-state index in [0.29, 0.717) is 11.3 Å². The summed E-state index contributed by atoms with van der Waals surface area (Å²) >= 11 is 0. The summed E-state index contributed by atoms with van der Waals surface area (Å²) in [4.78, 5) is 15.8. The highest BCUT2D eigenvalue weighted by Crippen LogP contribution is 2.13. The topological polar surface area (TPSA) is 39.2 Å². The van der Waals surface area contributed by atoms with Gasteiger partial charge in [0.15, 0.2) is 0 Å². The van der Waals surface area contributed by atoms with Crippen molar-refractivity contribution in [2.45, 2.75) is 0 Å². The van der Waals surface area contributed by atoms with Crippen LogP contribution < -0.4 is 0 Å². The molecule has 0 spiro atoms. The van der Waals surface area contributed by atoms with E-state index < -0.39 is 5.97 Å². The van der Waals surface area contributed by atoms with E-state index in [0.717, 1.165) is 0 Å². The molecule has 0 bridgehead atoms. The molecule has 1 aromatic carbocycles. The van der Waals surface area contributed by atoms with Crippen LogP contribution in [0.4, 0.5) is 0 Å². The van der Waals surface area contributed by atoms with Gasteiger partial charge < -0.3 is 4.74 Å². The third-order valence-corrected chi connectivity index (χ3v) is 2.18. The summed E-state index contributed by atoms with van der Waals surface area (Å²) in [6.45, 7) is 3.68. The van der Waals surface area contributed by atoms with E-state index in [-0.39, 0.29) is 5.76 Å². The Hall–Kier alpha value is -2.42. The van der Waals surface area contributed by atoms with Gasteiger partial charge in [-0.15, -0.1) is 0 Å². The lowest BCUT2D eigenvalue weighted by Gasteiger charge is -2.06. The number of hydrogen-bond donors (Lipinski definition) is 0. The molecule has 0 saturated heterocycles. The Morgan fingerprint density at radius 3 is 2.41 bits per heavy atom. The maximum Gasteiger partial charge on any atom is 0.343 e. The molecule has 2 rings (SSSR count). The number of ether oxygens (including phenoxy) is 1. The van der Waals surface area contributed by atoms with Gasteiger partial charge in [0.2, 0.25) is 0 Å². The fourth-order valence-electron chi connectivity index (χ4n) is 1.33. The highest BCUT2D eigenvalue weighted by molar-refractivity contribution is 5.92. The third kappa shape index (κ3) is 2.78. The zero-order valence-corrected chi connectivity index (χ0v) is 9.17. The summed E-state index contributed by atoms with van der Waals surface area (Å²) in [7, 11) is 0. The lowest BCUT2D eigenvalue weighted by atomic mass is 10.2. The molecule has 0 aliphatic carbocycles. The van der Waals surface area contributed by atoms with E-state index in [1.165, 1.54) is 0 Å². The Labute approximate surface area is 99.4 Å². The van der Waals surface area contributed by atoms with E-state index in [2.05, 4.69) is 11.6 Å². The van der Waals surface area contributed by atoms with Crippen molar-refractivity contribution in [1.29, 1.82) is 0 Å². The van der Waals surface area contributed by atoms with Crippen LogP contribution >= 0.6 is 0 Å². The first-order valence-corrected chi connectivity index (χ1v) is 5.15. The number of nitrogens with zero attached hydrogens (tertiary/aromatic N) is 1. The second kappa shape index (κ2) is 5.07. The van der Waals surface area contributed by atoms with E-state index in [9.17, 15) is 4.79 Å². The number of carbonyl (C=O) groups is 1. The van der Waals surface area contributed by atoms with Gasteiger partial charge in [0.05, 0.1) is 5.56 Å². The van der Waals surface area contributed by atoms with Crippen molar-refractivity contribution in [2.24, 2.45) is 0 Å². The van der Waals surface area contributed by atoms with Crippen LogP contribution in [-0.2, 0) is 4.74 Å². The minimum absolute atomic E-state index is 0.249. The van der Waals surface area contributed by atoms with Crippen molar-refractivity contribution >= 4 is 11.7 Å². The van der Waals surface area contributed by atoms with Gasteiger partial charge in [-0.25, -0.2) is 4.79 Å². The van der Waals surface area contributed by atoms with Gasteiger partial charge in [0.1, 0.15) is 11.5 Å². The van der Waals surface area contributed by atoms with Crippen LogP contribution in [0.5, 0.6) is 0 Å². The van der Waals surface area contributed by atoms with Gasteiger partial charge in [-0.05, 0) is 24.3 Å². The van der Waals surface area contributed by atoms with Crippen molar-refractivity contribution in [3.63, 3.8) is 0 Å². The zero-order valence-electron chi connectivity index (χ0n) is 9.17. The number of benzene rings is 1.